The summed E-state index contributed by atoms with van der Waals surface area (Å²) >= 11 is 1.18. The molecule has 3 aromatic rings. The van der Waals surface area contributed by atoms with E-state index in [-0.39, 0.29) is 6.54 Å². The third-order valence-corrected chi connectivity index (χ3v) is 5.75. The van der Waals surface area contributed by atoms with E-state index in [4.69, 9.17) is 4.52 Å². The summed E-state index contributed by atoms with van der Waals surface area (Å²) in [4.78, 5) is 4.25. The molecule has 0 fully saturated rings. The van der Waals surface area contributed by atoms with E-state index in [0.717, 1.165) is 5.56 Å². The predicted octanol–water partition coefficient (Wildman–Crippen LogP) is 2.32. The van der Waals surface area contributed by atoms with Crippen LogP contribution in [0, 0.1) is 0 Å². The van der Waals surface area contributed by atoms with Gasteiger partial charge in [0.1, 0.15) is 4.21 Å². The van der Waals surface area contributed by atoms with Crippen molar-refractivity contribution in [3.8, 4) is 11.4 Å². The third kappa shape index (κ3) is 3.41. The van der Waals surface area contributed by atoms with Gasteiger partial charge in [-0.1, -0.05) is 41.6 Å². The standard InChI is InChI=1S/C14H13N3O3S2/c18-22(19,13-7-4-10-21-13)15-9-8-12-16-14(17-20-12)11-5-2-1-3-6-11/h1-7,10,15H,8-9H2. The molecule has 0 amide bonds. The molecular formula is C14H13N3O3S2. The maximum absolute atomic E-state index is 11.9. The largest absolute Gasteiger partial charge is 0.339 e. The van der Waals surface area contributed by atoms with E-state index < -0.39 is 10.0 Å². The van der Waals surface area contributed by atoms with Crippen LogP contribution in [-0.2, 0) is 16.4 Å². The fourth-order valence-corrected chi connectivity index (χ4v) is 3.91. The minimum atomic E-state index is -3.45. The predicted molar refractivity (Wildman–Crippen MR) is 82.9 cm³/mol. The van der Waals surface area contributed by atoms with Crippen LogP contribution in [0.3, 0.4) is 0 Å². The van der Waals surface area contributed by atoms with Crippen LogP contribution in [0.1, 0.15) is 5.89 Å². The Bertz CT molecular complexity index is 827. The second-order valence-electron chi connectivity index (χ2n) is 4.46. The Morgan fingerprint density at radius 3 is 2.68 bits per heavy atom. The highest BCUT2D eigenvalue weighted by Gasteiger charge is 2.15. The number of nitrogens with zero attached hydrogens (tertiary/aromatic N) is 2. The van der Waals surface area contributed by atoms with Gasteiger partial charge in [-0.15, -0.1) is 11.3 Å². The number of hydrogen-bond donors (Lipinski definition) is 1. The Balaban J connectivity index is 1.60. The minimum absolute atomic E-state index is 0.205. The Morgan fingerprint density at radius 2 is 1.95 bits per heavy atom. The third-order valence-electron chi connectivity index (χ3n) is 2.89. The van der Waals surface area contributed by atoms with E-state index >= 15 is 0 Å². The van der Waals surface area contributed by atoms with Crippen molar-refractivity contribution < 1.29 is 12.9 Å². The number of sulfonamides is 1. The van der Waals surface area contributed by atoms with Crippen LogP contribution in [0.2, 0.25) is 0 Å². The van der Waals surface area contributed by atoms with Gasteiger partial charge in [0, 0.05) is 18.5 Å². The zero-order valence-electron chi connectivity index (χ0n) is 11.5. The van der Waals surface area contributed by atoms with Crippen molar-refractivity contribution in [1.82, 2.24) is 14.9 Å². The van der Waals surface area contributed by atoms with Gasteiger partial charge in [-0.3, -0.25) is 0 Å². The number of hydrogen-bond acceptors (Lipinski definition) is 6. The van der Waals surface area contributed by atoms with Crippen LogP contribution in [-0.4, -0.2) is 25.1 Å². The fourth-order valence-electron chi connectivity index (χ4n) is 1.84. The molecule has 1 N–H and O–H groups in total. The summed E-state index contributed by atoms with van der Waals surface area (Å²) in [6.07, 6.45) is 0.338. The monoisotopic (exact) mass is 335 g/mol. The number of benzene rings is 1. The van der Waals surface area contributed by atoms with E-state index in [0.29, 0.717) is 22.3 Å². The molecular weight excluding hydrogens is 322 g/mol. The average molecular weight is 335 g/mol. The Hall–Kier alpha value is -2.03. The van der Waals surface area contributed by atoms with E-state index in [1.54, 1.807) is 17.5 Å². The smallest absolute Gasteiger partial charge is 0.250 e. The normalized spacial score (nSPS) is 11.6. The van der Waals surface area contributed by atoms with Crippen LogP contribution < -0.4 is 4.72 Å². The summed E-state index contributed by atoms with van der Waals surface area (Å²) in [7, 11) is -3.45. The molecule has 0 atom stereocenters. The topological polar surface area (TPSA) is 85.1 Å². The second-order valence-corrected chi connectivity index (χ2v) is 7.40. The van der Waals surface area contributed by atoms with Crippen LogP contribution in [0.25, 0.3) is 11.4 Å². The zero-order chi connectivity index (χ0) is 15.4. The maximum Gasteiger partial charge on any atom is 0.250 e. The summed E-state index contributed by atoms with van der Waals surface area (Å²) in [5, 5.41) is 5.61. The molecule has 0 unspecified atom stereocenters. The van der Waals surface area contributed by atoms with E-state index in [9.17, 15) is 8.42 Å². The van der Waals surface area contributed by atoms with Crippen LogP contribution >= 0.6 is 11.3 Å². The average Bonchev–Trinajstić information content (AvgIpc) is 3.20. The molecule has 0 saturated carbocycles. The Morgan fingerprint density at radius 1 is 1.14 bits per heavy atom. The molecule has 0 radical (unpaired) electrons. The number of nitrogens with one attached hydrogen (secondary N) is 1. The van der Waals surface area contributed by atoms with Gasteiger partial charge in [0.05, 0.1) is 0 Å². The lowest BCUT2D eigenvalue weighted by molar-refractivity contribution is 0.379. The highest BCUT2D eigenvalue weighted by atomic mass is 32.2. The van der Waals surface area contributed by atoms with Gasteiger partial charge in [-0.05, 0) is 11.4 Å². The van der Waals surface area contributed by atoms with Gasteiger partial charge < -0.3 is 4.52 Å². The van der Waals surface area contributed by atoms with Crippen molar-refractivity contribution in [2.45, 2.75) is 10.6 Å². The zero-order valence-corrected chi connectivity index (χ0v) is 13.1. The molecule has 0 aliphatic carbocycles. The van der Waals surface area contributed by atoms with Crippen LogP contribution in [0.15, 0.2) is 56.6 Å². The van der Waals surface area contributed by atoms with Crippen molar-refractivity contribution in [2.75, 3.05) is 6.54 Å². The highest BCUT2D eigenvalue weighted by molar-refractivity contribution is 7.91. The van der Waals surface area contributed by atoms with Gasteiger partial charge in [-0.2, -0.15) is 4.98 Å². The first-order valence-corrected chi connectivity index (χ1v) is 8.92. The molecule has 0 aliphatic rings. The first-order chi connectivity index (χ1) is 10.6. The molecule has 22 heavy (non-hydrogen) atoms. The summed E-state index contributed by atoms with van der Waals surface area (Å²) < 4.78 is 31.8. The summed E-state index contributed by atoms with van der Waals surface area (Å²) in [5.74, 6) is 0.893. The molecule has 0 saturated heterocycles. The second kappa shape index (κ2) is 6.39. The van der Waals surface area contributed by atoms with Crippen LogP contribution in [0.4, 0.5) is 0 Å². The van der Waals surface area contributed by atoms with Gasteiger partial charge in [-0.25, -0.2) is 13.1 Å². The van der Waals surface area contributed by atoms with Gasteiger partial charge in [0.2, 0.25) is 21.7 Å². The van der Waals surface area contributed by atoms with Crippen molar-refractivity contribution in [3.63, 3.8) is 0 Å². The summed E-state index contributed by atoms with van der Waals surface area (Å²) in [6.45, 7) is 0.205. The first-order valence-electron chi connectivity index (χ1n) is 6.56. The Labute approximate surface area is 131 Å². The van der Waals surface area contributed by atoms with E-state index in [1.165, 1.54) is 11.3 Å². The lowest BCUT2D eigenvalue weighted by Crippen LogP contribution is -2.25. The number of rotatable bonds is 6. The number of thiophene rings is 1. The molecule has 8 heteroatoms. The molecule has 114 valence electrons. The van der Waals surface area contributed by atoms with Crippen molar-refractivity contribution >= 4 is 21.4 Å². The molecule has 6 nitrogen and oxygen atoms in total. The fraction of sp³-hybridized carbons (Fsp3) is 0.143. The number of aromatic nitrogens is 2. The van der Waals surface area contributed by atoms with Gasteiger partial charge >= 0.3 is 0 Å². The first kappa shape index (κ1) is 14.9. The van der Waals surface area contributed by atoms with Crippen LogP contribution in [0.5, 0.6) is 0 Å². The van der Waals surface area contributed by atoms with Crippen molar-refractivity contribution in [1.29, 1.82) is 0 Å². The summed E-state index contributed by atoms with van der Waals surface area (Å²) in [5.41, 5.74) is 0.858. The highest BCUT2D eigenvalue weighted by Crippen LogP contribution is 2.16. The van der Waals surface area contributed by atoms with Gasteiger partial charge in [0.15, 0.2) is 0 Å². The van der Waals surface area contributed by atoms with E-state index in [1.807, 2.05) is 30.3 Å². The lowest BCUT2D eigenvalue weighted by Gasteiger charge is -2.02. The maximum atomic E-state index is 11.9. The van der Waals surface area contributed by atoms with Crippen molar-refractivity contribution in [2.24, 2.45) is 0 Å². The summed E-state index contributed by atoms with van der Waals surface area (Å²) in [6, 6.07) is 12.7. The molecule has 2 aromatic heterocycles. The van der Waals surface area contributed by atoms with Gasteiger partial charge in [0.25, 0.3) is 0 Å². The molecule has 0 bridgehead atoms. The quantitative estimate of drug-likeness (QED) is 0.747. The lowest BCUT2D eigenvalue weighted by atomic mass is 10.2. The van der Waals surface area contributed by atoms with Crippen molar-refractivity contribution in [3.05, 3.63) is 53.7 Å². The minimum Gasteiger partial charge on any atom is -0.339 e. The molecule has 3 rings (SSSR count). The molecule has 0 aliphatic heterocycles. The van der Waals surface area contributed by atoms with E-state index in [2.05, 4.69) is 14.9 Å². The Kier molecular flexibility index (Phi) is 4.32. The molecule has 0 spiro atoms. The SMILES string of the molecule is O=S(=O)(NCCc1nc(-c2ccccc2)no1)c1cccs1. The molecule has 2 heterocycles. The molecule has 1 aromatic carbocycles.